The second-order valence-electron chi connectivity index (χ2n) is 6.90. The Kier molecular flexibility index (Phi) is 8.19. The van der Waals surface area contributed by atoms with Crippen molar-refractivity contribution >= 4 is 5.91 Å². The van der Waals surface area contributed by atoms with Crippen LogP contribution in [0.25, 0.3) is 0 Å². The maximum absolute atomic E-state index is 12.1. The molecule has 1 amide bonds. The van der Waals surface area contributed by atoms with Gasteiger partial charge in [0.1, 0.15) is 11.5 Å². The molecular weight excluding hydrogens is 332 g/mol. The molecule has 0 spiro atoms. The number of aryl methyl sites for hydroxylation is 1. The molecule has 1 aromatic carbocycles. The summed E-state index contributed by atoms with van der Waals surface area (Å²) in [4.78, 5) is 14.5. The fourth-order valence-corrected chi connectivity index (χ4v) is 3.41. The number of nitrogens with one attached hydrogen (secondary N) is 1. The largest absolute Gasteiger partial charge is 0.497 e. The lowest BCUT2D eigenvalue weighted by molar-refractivity contribution is -0.121. The number of ether oxygens (including phenoxy) is 3. The first-order valence-corrected chi connectivity index (χ1v) is 9.37. The highest BCUT2D eigenvalue weighted by atomic mass is 16.5. The van der Waals surface area contributed by atoms with Gasteiger partial charge in [-0.1, -0.05) is 0 Å². The Morgan fingerprint density at radius 3 is 2.62 bits per heavy atom. The van der Waals surface area contributed by atoms with Crippen LogP contribution in [0.3, 0.4) is 0 Å². The third kappa shape index (κ3) is 6.50. The first-order chi connectivity index (χ1) is 12.5. The van der Waals surface area contributed by atoms with E-state index in [-0.39, 0.29) is 18.1 Å². The SMILES string of the molecule is COc1ccc(OC)c(CCC(=O)NCCCN2CC(C)OC(C)C2)c1. The molecule has 2 unspecified atom stereocenters. The minimum Gasteiger partial charge on any atom is -0.497 e. The Hall–Kier alpha value is -1.79. The monoisotopic (exact) mass is 364 g/mol. The zero-order valence-electron chi connectivity index (χ0n) is 16.4. The van der Waals surface area contributed by atoms with Crippen molar-refractivity contribution in [2.24, 2.45) is 0 Å². The van der Waals surface area contributed by atoms with Gasteiger partial charge >= 0.3 is 0 Å². The number of hydrogen-bond donors (Lipinski definition) is 1. The highest BCUT2D eigenvalue weighted by Crippen LogP contribution is 2.25. The Morgan fingerprint density at radius 1 is 1.23 bits per heavy atom. The predicted molar refractivity (Wildman–Crippen MR) is 102 cm³/mol. The third-order valence-electron chi connectivity index (χ3n) is 4.58. The second kappa shape index (κ2) is 10.4. The van der Waals surface area contributed by atoms with Crippen molar-refractivity contribution in [3.05, 3.63) is 23.8 Å². The molecule has 1 aliphatic rings. The summed E-state index contributed by atoms with van der Waals surface area (Å²) in [6.45, 7) is 7.84. The van der Waals surface area contributed by atoms with Crippen molar-refractivity contribution < 1.29 is 19.0 Å². The van der Waals surface area contributed by atoms with E-state index >= 15 is 0 Å². The number of nitrogens with zero attached hydrogens (tertiary/aromatic N) is 1. The average Bonchev–Trinajstić information content (AvgIpc) is 2.62. The van der Waals surface area contributed by atoms with Crippen LogP contribution < -0.4 is 14.8 Å². The van der Waals surface area contributed by atoms with Crippen LogP contribution in [0.1, 0.15) is 32.3 Å². The lowest BCUT2D eigenvalue weighted by Crippen LogP contribution is -2.46. The number of benzene rings is 1. The van der Waals surface area contributed by atoms with Gasteiger partial charge in [-0.05, 0) is 50.5 Å². The lowest BCUT2D eigenvalue weighted by Gasteiger charge is -2.35. The zero-order valence-corrected chi connectivity index (χ0v) is 16.4. The number of carbonyl (C=O) groups is 1. The molecule has 0 aliphatic carbocycles. The highest BCUT2D eigenvalue weighted by Gasteiger charge is 2.21. The fraction of sp³-hybridized carbons (Fsp3) is 0.650. The van der Waals surface area contributed by atoms with Crippen LogP contribution in [0.4, 0.5) is 0 Å². The quantitative estimate of drug-likeness (QED) is 0.681. The summed E-state index contributed by atoms with van der Waals surface area (Å²) < 4.78 is 16.3. The average molecular weight is 364 g/mol. The third-order valence-corrected chi connectivity index (χ3v) is 4.58. The number of rotatable bonds is 9. The van der Waals surface area contributed by atoms with Gasteiger partial charge in [-0.3, -0.25) is 9.69 Å². The normalized spacial score (nSPS) is 20.6. The van der Waals surface area contributed by atoms with E-state index in [2.05, 4.69) is 24.1 Å². The molecule has 6 heteroatoms. The molecule has 2 atom stereocenters. The van der Waals surface area contributed by atoms with Crippen LogP contribution >= 0.6 is 0 Å². The molecule has 146 valence electrons. The minimum absolute atomic E-state index is 0.0681. The van der Waals surface area contributed by atoms with E-state index < -0.39 is 0 Å². The Bertz CT molecular complexity index is 569. The van der Waals surface area contributed by atoms with Crippen molar-refractivity contribution in [3.8, 4) is 11.5 Å². The topological polar surface area (TPSA) is 60.0 Å². The van der Waals surface area contributed by atoms with Gasteiger partial charge in [0.25, 0.3) is 0 Å². The molecule has 0 bridgehead atoms. The second-order valence-corrected chi connectivity index (χ2v) is 6.90. The summed E-state index contributed by atoms with van der Waals surface area (Å²) in [6, 6.07) is 5.65. The molecular formula is C20H32N2O4. The Morgan fingerprint density at radius 2 is 1.96 bits per heavy atom. The van der Waals surface area contributed by atoms with Crippen LogP contribution in [0.5, 0.6) is 11.5 Å². The molecule has 1 aromatic rings. The van der Waals surface area contributed by atoms with E-state index in [1.165, 1.54) is 0 Å². The number of carbonyl (C=O) groups excluding carboxylic acids is 1. The van der Waals surface area contributed by atoms with Crippen molar-refractivity contribution in [2.75, 3.05) is 40.4 Å². The summed E-state index contributed by atoms with van der Waals surface area (Å²) in [7, 11) is 3.27. The maximum atomic E-state index is 12.1. The Balaban J connectivity index is 1.68. The molecule has 2 rings (SSSR count). The number of morpholine rings is 1. The fourth-order valence-electron chi connectivity index (χ4n) is 3.41. The van der Waals surface area contributed by atoms with Crippen LogP contribution in [-0.2, 0) is 16.0 Å². The summed E-state index contributed by atoms with van der Waals surface area (Å²) in [6.07, 6.45) is 2.59. The van der Waals surface area contributed by atoms with Gasteiger partial charge in [0.15, 0.2) is 0 Å². The first-order valence-electron chi connectivity index (χ1n) is 9.37. The van der Waals surface area contributed by atoms with E-state index in [0.29, 0.717) is 19.4 Å². The summed E-state index contributed by atoms with van der Waals surface area (Å²) in [5.41, 5.74) is 0.985. The van der Waals surface area contributed by atoms with Crippen molar-refractivity contribution in [2.45, 2.75) is 45.3 Å². The van der Waals surface area contributed by atoms with E-state index in [1.54, 1.807) is 14.2 Å². The molecule has 1 N–H and O–H groups in total. The van der Waals surface area contributed by atoms with E-state index in [0.717, 1.165) is 43.1 Å². The van der Waals surface area contributed by atoms with Crippen molar-refractivity contribution in [3.63, 3.8) is 0 Å². The van der Waals surface area contributed by atoms with Gasteiger partial charge in [0.2, 0.25) is 5.91 Å². The highest BCUT2D eigenvalue weighted by molar-refractivity contribution is 5.76. The van der Waals surface area contributed by atoms with E-state index in [9.17, 15) is 4.79 Å². The van der Waals surface area contributed by atoms with Crippen LogP contribution in [-0.4, -0.2) is 63.4 Å². The summed E-state index contributed by atoms with van der Waals surface area (Å²) in [5.74, 6) is 1.63. The van der Waals surface area contributed by atoms with E-state index in [1.807, 2.05) is 18.2 Å². The number of amides is 1. The van der Waals surface area contributed by atoms with Gasteiger partial charge in [-0.15, -0.1) is 0 Å². The molecule has 0 radical (unpaired) electrons. The molecule has 6 nitrogen and oxygen atoms in total. The molecule has 1 heterocycles. The van der Waals surface area contributed by atoms with Crippen molar-refractivity contribution in [1.29, 1.82) is 0 Å². The first kappa shape index (κ1) is 20.5. The molecule has 1 aliphatic heterocycles. The Labute approximate surface area is 156 Å². The van der Waals surface area contributed by atoms with E-state index in [4.69, 9.17) is 14.2 Å². The van der Waals surface area contributed by atoms with Gasteiger partial charge in [0, 0.05) is 32.6 Å². The predicted octanol–water partition coefficient (Wildman–Crippen LogP) is 2.25. The van der Waals surface area contributed by atoms with Gasteiger partial charge in [0.05, 0.1) is 26.4 Å². The van der Waals surface area contributed by atoms with Gasteiger partial charge in [-0.2, -0.15) is 0 Å². The smallest absolute Gasteiger partial charge is 0.220 e. The molecule has 1 fully saturated rings. The van der Waals surface area contributed by atoms with Crippen molar-refractivity contribution in [1.82, 2.24) is 10.2 Å². The number of methoxy groups -OCH3 is 2. The van der Waals surface area contributed by atoms with Gasteiger partial charge < -0.3 is 19.5 Å². The lowest BCUT2D eigenvalue weighted by atomic mass is 10.1. The van der Waals surface area contributed by atoms with Crippen LogP contribution in [0.15, 0.2) is 18.2 Å². The summed E-state index contributed by atoms with van der Waals surface area (Å²) >= 11 is 0. The summed E-state index contributed by atoms with van der Waals surface area (Å²) in [5, 5.41) is 3.01. The number of hydrogen-bond acceptors (Lipinski definition) is 5. The zero-order chi connectivity index (χ0) is 18.9. The standard InChI is InChI=1S/C20H32N2O4/c1-15-13-22(14-16(2)26-15)11-5-10-21-20(23)9-6-17-12-18(24-3)7-8-19(17)25-4/h7-8,12,15-16H,5-6,9-11,13-14H2,1-4H3,(H,21,23). The van der Waals surface area contributed by atoms with Gasteiger partial charge in [-0.25, -0.2) is 0 Å². The maximum Gasteiger partial charge on any atom is 0.220 e. The molecule has 26 heavy (non-hydrogen) atoms. The minimum atomic E-state index is 0.0681. The van der Waals surface area contributed by atoms with Crippen LogP contribution in [0, 0.1) is 0 Å². The molecule has 1 saturated heterocycles. The van der Waals surface area contributed by atoms with Crippen LogP contribution in [0.2, 0.25) is 0 Å². The molecule has 0 saturated carbocycles. The molecule has 0 aromatic heterocycles.